The Balaban J connectivity index is 2.08. The molecule has 0 heterocycles. The fraction of sp³-hybridized carbons (Fsp3) is 0.167. The van der Waals surface area contributed by atoms with E-state index < -0.39 is 15.7 Å². The number of rotatable bonds is 9. The molecular formula is C24H23NO6S. The molecule has 0 aliphatic carbocycles. The molecule has 7 nitrogen and oxygen atoms in total. The van der Waals surface area contributed by atoms with Gasteiger partial charge in [0.05, 0.1) is 29.0 Å². The van der Waals surface area contributed by atoms with Gasteiger partial charge in [0, 0.05) is 6.07 Å². The summed E-state index contributed by atoms with van der Waals surface area (Å²) in [7, 11) is -2.66. The third-order valence-corrected chi connectivity index (χ3v) is 6.40. The van der Waals surface area contributed by atoms with E-state index in [9.17, 15) is 18.0 Å². The molecule has 1 N–H and O–H groups in total. The molecule has 32 heavy (non-hydrogen) atoms. The van der Waals surface area contributed by atoms with E-state index in [-0.39, 0.29) is 45.8 Å². The van der Waals surface area contributed by atoms with Gasteiger partial charge in [0.15, 0.2) is 11.5 Å². The van der Waals surface area contributed by atoms with Crippen LogP contribution in [0.4, 0.5) is 0 Å². The fourth-order valence-corrected chi connectivity index (χ4v) is 4.45. The molecule has 0 atom stereocenters. The topological polar surface area (TPSA) is 98.8 Å². The molecule has 8 heteroatoms. The van der Waals surface area contributed by atoms with Crippen LogP contribution in [0.2, 0.25) is 0 Å². The highest BCUT2D eigenvalue weighted by molar-refractivity contribution is 7.91. The molecule has 0 aromatic heterocycles. The van der Waals surface area contributed by atoms with Gasteiger partial charge in [0.2, 0.25) is 9.84 Å². The lowest BCUT2D eigenvalue weighted by Gasteiger charge is -2.16. The predicted octanol–water partition coefficient (Wildman–Crippen LogP) is 3.43. The van der Waals surface area contributed by atoms with Gasteiger partial charge < -0.3 is 14.8 Å². The minimum Gasteiger partial charge on any atom is -0.493 e. The average molecular weight is 454 g/mol. The highest BCUT2D eigenvalue weighted by Crippen LogP contribution is 2.36. The monoisotopic (exact) mass is 453 g/mol. The zero-order valence-corrected chi connectivity index (χ0v) is 18.5. The van der Waals surface area contributed by atoms with Crippen LogP contribution in [0.15, 0.2) is 82.6 Å². The minimum atomic E-state index is -4.05. The normalized spacial score (nSPS) is 10.9. The summed E-state index contributed by atoms with van der Waals surface area (Å²) < 4.78 is 37.8. The van der Waals surface area contributed by atoms with Crippen LogP contribution in [-0.4, -0.2) is 33.8 Å². The number of ether oxygens (including phenoxy) is 2. The summed E-state index contributed by atoms with van der Waals surface area (Å²) in [5.41, 5.74) is 0.747. The van der Waals surface area contributed by atoms with E-state index in [1.807, 2.05) is 30.3 Å². The van der Waals surface area contributed by atoms with Crippen molar-refractivity contribution in [2.24, 2.45) is 0 Å². The van der Waals surface area contributed by atoms with E-state index in [1.165, 1.54) is 38.3 Å². The summed E-state index contributed by atoms with van der Waals surface area (Å²) >= 11 is 0. The molecule has 3 aromatic rings. The number of carbonyl (C=O) groups excluding carboxylic acids is 2. The van der Waals surface area contributed by atoms with Gasteiger partial charge in [-0.1, -0.05) is 48.5 Å². The maximum absolute atomic E-state index is 13.3. The van der Waals surface area contributed by atoms with Crippen LogP contribution in [-0.2, 0) is 21.2 Å². The number of ketones is 1. The molecule has 1 amide bonds. The van der Waals surface area contributed by atoms with Gasteiger partial charge in [0.1, 0.15) is 12.4 Å². The lowest BCUT2D eigenvalue weighted by molar-refractivity contribution is -0.116. The molecule has 0 bridgehead atoms. The SMILES string of the molecule is COc1cc(S(=O)(=O)c2ccccc2)c(C(=O)NCC(C)=O)cc1OCc1ccccc1. The van der Waals surface area contributed by atoms with E-state index >= 15 is 0 Å². The molecule has 0 radical (unpaired) electrons. The van der Waals surface area contributed by atoms with Gasteiger partial charge >= 0.3 is 0 Å². The van der Waals surface area contributed by atoms with Crippen molar-refractivity contribution >= 4 is 21.5 Å². The quantitative estimate of drug-likeness (QED) is 0.533. The maximum Gasteiger partial charge on any atom is 0.253 e. The first-order valence-corrected chi connectivity index (χ1v) is 11.3. The Morgan fingerprint density at radius 2 is 1.53 bits per heavy atom. The summed E-state index contributed by atoms with van der Waals surface area (Å²) in [5.74, 6) is -0.600. The molecule has 0 saturated carbocycles. The maximum atomic E-state index is 13.3. The highest BCUT2D eigenvalue weighted by atomic mass is 32.2. The molecule has 166 valence electrons. The van der Waals surface area contributed by atoms with Gasteiger partial charge in [-0.25, -0.2) is 8.42 Å². The van der Waals surface area contributed by atoms with Crippen molar-refractivity contribution in [3.05, 3.63) is 83.9 Å². The standard InChI is InChI=1S/C24H23NO6S/c1-17(26)15-25-24(27)20-13-22(31-16-18-9-5-3-6-10-18)21(30-2)14-23(20)32(28,29)19-11-7-4-8-12-19/h3-14H,15-16H2,1-2H3,(H,25,27). The molecule has 0 spiro atoms. The van der Waals surface area contributed by atoms with Crippen LogP contribution >= 0.6 is 0 Å². The van der Waals surface area contributed by atoms with Crippen molar-refractivity contribution in [1.82, 2.24) is 5.32 Å². The molecule has 0 saturated heterocycles. The molecular weight excluding hydrogens is 430 g/mol. The van der Waals surface area contributed by atoms with Crippen molar-refractivity contribution in [2.75, 3.05) is 13.7 Å². The Labute approximate surface area is 186 Å². The number of nitrogens with one attached hydrogen (secondary N) is 1. The number of hydrogen-bond acceptors (Lipinski definition) is 6. The summed E-state index contributed by atoms with van der Waals surface area (Å²) in [6, 6.07) is 19.7. The second-order valence-corrected chi connectivity index (χ2v) is 8.89. The Morgan fingerprint density at radius 3 is 2.12 bits per heavy atom. The molecule has 0 aliphatic heterocycles. The number of carbonyl (C=O) groups is 2. The number of Topliss-reactive ketones (excluding diaryl/α,β-unsaturated/α-hetero) is 1. The highest BCUT2D eigenvalue weighted by Gasteiger charge is 2.27. The summed E-state index contributed by atoms with van der Waals surface area (Å²) in [5, 5.41) is 2.45. The van der Waals surface area contributed by atoms with Crippen molar-refractivity contribution < 1.29 is 27.5 Å². The first kappa shape index (κ1) is 23.0. The number of benzene rings is 3. The Kier molecular flexibility index (Phi) is 7.27. The van der Waals surface area contributed by atoms with Crippen LogP contribution in [0.3, 0.4) is 0 Å². The van der Waals surface area contributed by atoms with E-state index in [2.05, 4.69) is 5.32 Å². The van der Waals surface area contributed by atoms with E-state index in [0.29, 0.717) is 0 Å². The van der Waals surface area contributed by atoms with Crippen LogP contribution in [0.5, 0.6) is 11.5 Å². The second-order valence-electron chi connectivity index (χ2n) is 6.97. The summed E-state index contributed by atoms with van der Waals surface area (Å²) in [4.78, 5) is 24.0. The molecule has 3 aromatic carbocycles. The van der Waals surface area contributed by atoms with Gasteiger partial charge in [-0.15, -0.1) is 0 Å². The van der Waals surface area contributed by atoms with E-state index in [0.717, 1.165) is 5.56 Å². The van der Waals surface area contributed by atoms with Crippen molar-refractivity contribution in [3.63, 3.8) is 0 Å². The Morgan fingerprint density at radius 1 is 0.906 bits per heavy atom. The fourth-order valence-electron chi connectivity index (χ4n) is 2.98. The molecule has 3 rings (SSSR count). The average Bonchev–Trinajstić information content (AvgIpc) is 2.81. The van der Waals surface area contributed by atoms with Crippen LogP contribution in [0.1, 0.15) is 22.8 Å². The molecule has 0 fully saturated rings. The summed E-state index contributed by atoms with van der Waals surface area (Å²) in [6.45, 7) is 1.29. The third kappa shape index (κ3) is 5.33. The zero-order chi connectivity index (χ0) is 23.1. The van der Waals surface area contributed by atoms with Crippen LogP contribution < -0.4 is 14.8 Å². The van der Waals surface area contributed by atoms with E-state index in [4.69, 9.17) is 9.47 Å². The Bertz CT molecular complexity index is 1210. The van der Waals surface area contributed by atoms with Crippen LogP contribution in [0, 0.1) is 0 Å². The van der Waals surface area contributed by atoms with Crippen molar-refractivity contribution in [2.45, 2.75) is 23.3 Å². The zero-order valence-electron chi connectivity index (χ0n) is 17.7. The van der Waals surface area contributed by atoms with Crippen molar-refractivity contribution in [1.29, 1.82) is 0 Å². The van der Waals surface area contributed by atoms with Crippen molar-refractivity contribution in [3.8, 4) is 11.5 Å². The number of hydrogen-bond donors (Lipinski definition) is 1. The van der Waals surface area contributed by atoms with E-state index in [1.54, 1.807) is 18.2 Å². The predicted molar refractivity (Wildman–Crippen MR) is 119 cm³/mol. The summed E-state index contributed by atoms with van der Waals surface area (Å²) in [6.07, 6.45) is 0. The largest absolute Gasteiger partial charge is 0.493 e. The molecule has 0 aliphatic rings. The van der Waals surface area contributed by atoms with Gasteiger partial charge in [-0.3, -0.25) is 9.59 Å². The Hall–Kier alpha value is -3.65. The number of amides is 1. The smallest absolute Gasteiger partial charge is 0.253 e. The minimum absolute atomic E-state index is 0.0284. The first-order chi connectivity index (χ1) is 15.3. The second kappa shape index (κ2) is 10.1. The lowest BCUT2D eigenvalue weighted by atomic mass is 10.1. The molecule has 0 unspecified atom stereocenters. The lowest BCUT2D eigenvalue weighted by Crippen LogP contribution is -2.29. The first-order valence-electron chi connectivity index (χ1n) is 9.79. The van der Waals surface area contributed by atoms with Gasteiger partial charge in [-0.2, -0.15) is 0 Å². The third-order valence-electron chi connectivity index (χ3n) is 4.59. The van der Waals surface area contributed by atoms with Gasteiger partial charge in [0.25, 0.3) is 5.91 Å². The van der Waals surface area contributed by atoms with Crippen LogP contribution in [0.25, 0.3) is 0 Å². The van der Waals surface area contributed by atoms with Gasteiger partial charge in [-0.05, 0) is 30.7 Å². The number of methoxy groups -OCH3 is 1. The number of sulfone groups is 1.